The maximum Gasteiger partial charge on any atom is 0.237 e. The summed E-state index contributed by atoms with van der Waals surface area (Å²) in [7, 11) is 0. The van der Waals surface area contributed by atoms with Gasteiger partial charge in [0.05, 0.1) is 5.69 Å². The van der Waals surface area contributed by atoms with E-state index in [1.165, 1.54) is 0 Å². The third kappa shape index (κ3) is 1.99. The number of nitrogens with two attached hydrogens (primary N) is 1. The van der Waals surface area contributed by atoms with E-state index in [0.717, 1.165) is 5.69 Å². The van der Waals surface area contributed by atoms with Gasteiger partial charge in [-0.2, -0.15) is 0 Å². The van der Waals surface area contributed by atoms with E-state index in [0.29, 0.717) is 18.2 Å². The van der Waals surface area contributed by atoms with Crippen LogP contribution in [0.1, 0.15) is 5.69 Å². The molecule has 1 rings (SSSR count). The van der Waals surface area contributed by atoms with E-state index in [4.69, 9.17) is 10.5 Å². The molecule has 0 unspecified atom stereocenters. The molecule has 2 N–H and O–H groups in total. The summed E-state index contributed by atoms with van der Waals surface area (Å²) in [6.07, 6.45) is 1.66. The number of anilines is 1. The van der Waals surface area contributed by atoms with Gasteiger partial charge in [0.25, 0.3) is 0 Å². The Balaban J connectivity index is 2.82. The van der Waals surface area contributed by atoms with E-state index in [1.54, 1.807) is 12.1 Å². The van der Waals surface area contributed by atoms with E-state index in [-0.39, 0.29) is 0 Å². The van der Waals surface area contributed by atoms with E-state index in [2.05, 4.69) is 11.6 Å². The maximum atomic E-state index is 5.61. The first-order chi connectivity index (χ1) is 5.74. The fourth-order valence-electron chi connectivity index (χ4n) is 0.797. The Morgan fingerprint density at radius 1 is 1.67 bits per heavy atom. The largest absolute Gasteiger partial charge is 0.472 e. The minimum atomic E-state index is 0.431. The van der Waals surface area contributed by atoms with Crippen LogP contribution in [0.3, 0.4) is 0 Å². The van der Waals surface area contributed by atoms with Crippen molar-refractivity contribution in [1.29, 1.82) is 0 Å². The standard InChI is InChI=1S/C9H12N2O/c1-3-6-12-9-8(10)5-4-7(2)11-9/h3-5H,1,6,10H2,2H3. The molecule has 0 fully saturated rings. The number of hydrogen-bond donors (Lipinski definition) is 1. The molecule has 0 aliphatic carbocycles. The van der Waals surface area contributed by atoms with Crippen LogP contribution in [0.15, 0.2) is 24.8 Å². The summed E-state index contributed by atoms with van der Waals surface area (Å²) in [4.78, 5) is 4.12. The first-order valence-corrected chi connectivity index (χ1v) is 3.71. The monoisotopic (exact) mass is 164 g/mol. The molecular weight excluding hydrogens is 152 g/mol. The highest BCUT2D eigenvalue weighted by atomic mass is 16.5. The van der Waals surface area contributed by atoms with Crippen molar-refractivity contribution in [3.63, 3.8) is 0 Å². The Morgan fingerprint density at radius 3 is 3.08 bits per heavy atom. The highest BCUT2D eigenvalue weighted by molar-refractivity contribution is 5.48. The maximum absolute atomic E-state index is 5.61. The van der Waals surface area contributed by atoms with Crippen LogP contribution in [-0.4, -0.2) is 11.6 Å². The Morgan fingerprint density at radius 2 is 2.42 bits per heavy atom. The van der Waals surface area contributed by atoms with Crippen LogP contribution >= 0.6 is 0 Å². The van der Waals surface area contributed by atoms with E-state index < -0.39 is 0 Å². The normalized spacial score (nSPS) is 9.42. The van der Waals surface area contributed by atoms with Gasteiger partial charge in [-0.25, -0.2) is 4.98 Å². The summed E-state index contributed by atoms with van der Waals surface area (Å²) < 4.78 is 5.21. The van der Waals surface area contributed by atoms with Crippen molar-refractivity contribution in [3.05, 3.63) is 30.5 Å². The van der Waals surface area contributed by atoms with Gasteiger partial charge in [-0.15, -0.1) is 0 Å². The minimum Gasteiger partial charge on any atom is -0.472 e. The molecule has 0 radical (unpaired) electrons. The Labute approximate surface area is 71.9 Å². The summed E-state index contributed by atoms with van der Waals surface area (Å²) in [6, 6.07) is 3.62. The van der Waals surface area contributed by atoms with Crippen LogP contribution in [0.25, 0.3) is 0 Å². The molecule has 1 aromatic rings. The van der Waals surface area contributed by atoms with Crippen molar-refractivity contribution in [2.75, 3.05) is 12.3 Å². The average molecular weight is 164 g/mol. The van der Waals surface area contributed by atoms with Crippen LogP contribution in [0.4, 0.5) is 5.69 Å². The number of nitrogens with zero attached hydrogens (tertiary/aromatic N) is 1. The minimum absolute atomic E-state index is 0.431. The average Bonchev–Trinajstić information content (AvgIpc) is 2.07. The molecule has 1 heterocycles. The number of hydrogen-bond acceptors (Lipinski definition) is 3. The van der Waals surface area contributed by atoms with Crippen LogP contribution in [0.5, 0.6) is 5.88 Å². The van der Waals surface area contributed by atoms with Crippen LogP contribution in [0.2, 0.25) is 0 Å². The summed E-state index contributed by atoms with van der Waals surface area (Å²) in [6.45, 7) is 5.85. The Kier molecular flexibility index (Phi) is 2.69. The lowest BCUT2D eigenvalue weighted by atomic mass is 10.3. The van der Waals surface area contributed by atoms with E-state index in [9.17, 15) is 0 Å². The van der Waals surface area contributed by atoms with Crippen molar-refractivity contribution >= 4 is 5.69 Å². The predicted molar refractivity (Wildman–Crippen MR) is 49.1 cm³/mol. The molecule has 0 amide bonds. The third-order valence-corrected chi connectivity index (χ3v) is 1.37. The molecule has 0 aliphatic rings. The summed E-state index contributed by atoms with van der Waals surface area (Å²) in [5.74, 6) is 0.481. The molecule has 1 aromatic heterocycles. The van der Waals surface area contributed by atoms with Gasteiger partial charge in [-0.3, -0.25) is 0 Å². The summed E-state index contributed by atoms with van der Waals surface area (Å²) in [5, 5.41) is 0. The van der Waals surface area contributed by atoms with Gasteiger partial charge in [-0.1, -0.05) is 12.7 Å². The fraction of sp³-hybridized carbons (Fsp3) is 0.222. The summed E-state index contributed by atoms with van der Waals surface area (Å²) in [5.41, 5.74) is 7.06. The van der Waals surface area contributed by atoms with Gasteiger partial charge in [0.15, 0.2) is 0 Å². The highest BCUT2D eigenvalue weighted by Gasteiger charge is 1.99. The van der Waals surface area contributed by atoms with E-state index >= 15 is 0 Å². The van der Waals surface area contributed by atoms with Gasteiger partial charge in [0, 0.05) is 5.69 Å². The van der Waals surface area contributed by atoms with Crippen molar-refractivity contribution < 1.29 is 4.74 Å². The first kappa shape index (κ1) is 8.59. The fourth-order valence-corrected chi connectivity index (χ4v) is 0.797. The molecule has 0 atom stereocenters. The molecule has 3 heteroatoms. The first-order valence-electron chi connectivity index (χ1n) is 3.71. The second-order valence-electron chi connectivity index (χ2n) is 2.45. The number of aromatic nitrogens is 1. The Hall–Kier alpha value is -1.51. The van der Waals surface area contributed by atoms with E-state index in [1.807, 2.05) is 13.0 Å². The molecular formula is C9H12N2O. The number of pyridine rings is 1. The van der Waals surface area contributed by atoms with Gasteiger partial charge in [0.2, 0.25) is 5.88 Å². The molecule has 12 heavy (non-hydrogen) atoms. The lowest BCUT2D eigenvalue weighted by Gasteiger charge is -2.05. The zero-order valence-corrected chi connectivity index (χ0v) is 7.08. The predicted octanol–water partition coefficient (Wildman–Crippen LogP) is 1.54. The quantitative estimate of drug-likeness (QED) is 0.689. The Bertz CT molecular complexity index is 284. The van der Waals surface area contributed by atoms with Crippen molar-refractivity contribution in [2.24, 2.45) is 0 Å². The molecule has 0 aromatic carbocycles. The van der Waals surface area contributed by atoms with Crippen LogP contribution in [-0.2, 0) is 0 Å². The van der Waals surface area contributed by atoms with Crippen molar-refractivity contribution in [2.45, 2.75) is 6.92 Å². The van der Waals surface area contributed by atoms with Gasteiger partial charge in [-0.05, 0) is 19.1 Å². The van der Waals surface area contributed by atoms with Crippen molar-refractivity contribution in [1.82, 2.24) is 4.98 Å². The number of ether oxygens (including phenoxy) is 1. The smallest absolute Gasteiger partial charge is 0.237 e. The molecule has 64 valence electrons. The molecule has 0 saturated heterocycles. The van der Waals surface area contributed by atoms with Crippen LogP contribution in [0, 0.1) is 6.92 Å². The molecule has 0 saturated carbocycles. The van der Waals surface area contributed by atoms with Gasteiger partial charge in [0.1, 0.15) is 6.61 Å². The second-order valence-corrected chi connectivity index (χ2v) is 2.45. The second kappa shape index (κ2) is 3.76. The summed E-state index contributed by atoms with van der Waals surface area (Å²) >= 11 is 0. The highest BCUT2D eigenvalue weighted by Crippen LogP contribution is 2.17. The lowest BCUT2D eigenvalue weighted by molar-refractivity contribution is 0.350. The SMILES string of the molecule is C=CCOc1nc(C)ccc1N. The topological polar surface area (TPSA) is 48.1 Å². The third-order valence-electron chi connectivity index (χ3n) is 1.37. The van der Waals surface area contributed by atoms with Crippen molar-refractivity contribution in [3.8, 4) is 5.88 Å². The zero-order chi connectivity index (χ0) is 8.97. The zero-order valence-electron chi connectivity index (χ0n) is 7.08. The molecule has 0 aliphatic heterocycles. The van der Waals surface area contributed by atoms with Gasteiger partial charge >= 0.3 is 0 Å². The van der Waals surface area contributed by atoms with Gasteiger partial charge < -0.3 is 10.5 Å². The molecule has 0 bridgehead atoms. The number of nitrogen functional groups attached to an aromatic ring is 1. The lowest BCUT2D eigenvalue weighted by Crippen LogP contribution is -2.00. The molecule has 0 spiro atoms. The number of aryl methyl sites for hydroxylation is 1. The molecule has 3 nitrogen and oxygen atoms in total. The number of rotatable bonds is 3. The van der Waals surface area contributed by atoms with Crippen LogP contribution < -0.4 is 10.5 Å².